The second-order valence-electron chi connectivity index (χ2n) is 3.31. The summed E-state index contributed by atoms with van der Waals surface area (Å²) in [6.45, 7) is 3.14. The Bertz CT molecular complexity index is 285. The van der Waals surface area contributed by atoms with Crippen molar-refractivity contribution in [2.75, 3.05) is 12.8 Å². The molecular formula is C7H15NO4S. The van der Waals surface area contributed by atoms with Crippen LogP contribution in [0.3, 0.4) is 0 Å². The fourth-order valence-electron chi connectivity index (χ4n) is 0.642. The molecule has 0 aliphatic heterocycles. The van der Waals surface area contributed by atoms with Crippen molar-refractivity contribution in [3.63, 3.8) is 0 Å². The summed E-state index contributed by atoms with van der Waals surface area (Å²) in [6.07, 6.45) is 1.38. The third-order valence-corrected chi connectivity index (χ3v) is 2.69. The van der Waals surface area contributed by atoms with Gasteiger partial charge in [-0.05, 0) is 13.3 Å². The Hall–Kier alpha value is -0.620. The lowest BCUT2D eigenvalue weighted by Gasteiger charge is -2.22. The van der Waals surface area contributed by atoms with Gasteiger partial charge in [-0.1, -0.05) is 6.92 Å². The number of carboxylic acid groups (broad SMARTS) is 1. The molecule has 0 amide bonds. The molecular weight excluding hydrogens is 194 g/mol. The third-order valence-electron chi connectivity index (χ3n) is 2.02. The van der Waals surface area contributed by atoms with Crippen LogP contribution in [0.25, 0.3) is 0 Å². The van der Waals surface area contributed by atoms with Crippen LogP contribution in [-0.2, 0) is 14.8 Å². The molecule has 1 atom stereocenters. The first kappa shape index (κ1) is 12.4. The molecule has 0 aromatic heterocycles. The van der Waals surface area contributed by atoms with Crippen LogP contribution in [0.5, 0.6) is 0 Å². The zero-order valence-electron chi connectivity index (χ0n) is 7.99. The zero-order valence-corrected chi connectivity index (χ0v) is 8.81. The Morgan fingerprint density at radius 1 is 1.54 bits per heavy atom. The Balaban J connectivity index is 4.39. The lowest BCUT2D eigenvalue weighted by molar-refractivity contribution is -0.147. The number of carboxylic acids is 1. The van der Waals surface area contributed by atoms with E-state index in [1.807, 2.05) is 0 Å². The lowest BCUT2D eigenvalue weighted by Crippen LogP contribution is -2.40. The van der Waals surface area contributed by atoms with Crippen LogP contribution in [0.15, 0.2) is 0 Å². The number of carbonyl (C=O) groups is 1. The van der Waals surface area contributed by atoms with E-state index in [4.69, 9.17) is 5.11 Å². The van der Waals surface area contributed by atoms with Gasteiger partial charge in [0.1, 0.15) is 0 Å². The Morgan fingerprint density at radius 2 is 2.00 bits per heavy atom. The molecule has 2 N–H and O–H groups in total. The highest BCUT2D eigenvalue weighted by molar-refractivity contribution is 7.88. The molecule has 0 aromatic rings. The summed E-state index contributed by atoms with van der Waals surface area (Å²) in [5.74, 6) is -0.994. The summed E-state index contributed by atoms with van der Waals surface area (Å²) in [7, 11) is -3.31. The molecule has 6 heteroatoms. The minimum Gasteiger partial charge on any atom is -0.481 e. The Labute approximate surface area is 78.2 Å². The first-order valence-electron chi connectivity index (χ1n) is 3.89. The van der Waals surface area contributed by atoms with Gasteiger partial charge in [-0.3, -0.25) is 4.79 Å². The second-order valence-corrected chi connectivity index (χ2v) is 5.15. The van der Waals surface area contributed by atoms with E-state index in [0.717, 1.165) is 6.26 Å². The number of rotatable bonds is 5. The van der Waals surface area contributed by atoms with E-state index in [-0.39, 0.29) is 6.54 Å². The van der Waals surface area contributed by atoms with Gasteiger partial charge in [-0.25, -0.2) is 13.1 Å². The molecule has 0 saturated heterocycles. The third kappa shape index (κ3) is 4.23. The van der Waals surface area contributed by atoms with Crippen molar-refractivity contribution >= 4 is 16.0 Å². The molecule has 0 heterocycles. The van der Waals surface area contributed by atoms with E-state index in [0.29, 0.717) is 6.42 Å². The molecule has 0 spiro atoms. The van der Waals surface area contributed by atoms with E-state index in [9.17, 15) is 13.2 Å². The van der Waals surface area contributed by atoms with Gasteiger partial charge in [0.25, 0.3) is 0 Å². The van der Waals surface area contributed by atoms with Gasteiger partial charge in [0.2, 0.25) is 10.0 Å². The van der Waals surface area contributed by atoms with Crippen LogP contribution in [0.1, 0.15) is 20.3 Å². The maximum atomic E-state index is 10.7. The van der Waals surface area contributed by atoms with Gasteiger partial charge >= 0.3 is 5.97 Å². The molecule has 0 saturated carbocycles. The Morgan fingerprint density at radius 3 is 2.23 bits per heavy atom. The summed E-state index contributed by atoms with van der Waals surface area (Å²) < 4.78 is 23.6. The van der Waals surface area contributed by atoms with Crippen molar-refractivity contribution < 1.29 is 18.3 Å². The van der Waals surface area contributed by atoms with E-state index >= 15 is 0 Å². The number of nitrogens with one attached hydrogen (secondary N) is 1. The highest BCUT2D eigenvalue weighted by atomic mass is 32.2. The van der Waals surface area contributed by atoms with Crippen LogP contribution in [0.2, 0.25) is 0 Å². The molecule has 0 aliphatic carbocycles. The molecule has 78 valence electrons. The Kier molecular flexibility index (Phi) is 3.87. The number of sulfonamides is 1. The highest BCUT2D eigenvalue weighted by Gasteiger charge is 2.31. The van der Waals surface area contributed by atoms with Crippen LogP contribution >= 0.6 is 0 Å². The SMILES string of the molecule is CCC(C)(CNS(C)(=O)=O)C(=O)O. The van der Waals surface area contributed by atoms with Crippen molar-refractivity contribution in [2.45, 2.75) is 20.3 Å². The topological polar surface area (TPSA) is 83.5 Å². The van der Waals surface area contributed by atoms with Gasteiger partial charge < -0.3 is 5.11 Å². The maximum absolute atomic E-state index is 10.7. The largest absolute Gasteiger partial charge is 0.481 e. The van der Waals surface area contributed by atoms with Gasteiger partial charge in [0, 0.05) is 6.54 Å². The summed E-state index contributed by atoms with van der Waals surface area (Å²) in [6, 6.07) is 0. The van der Waals surface area contributed by atoms with Crippen molar-refractivity contribution in [3.05, 3.63) is 0 Å². The van der Waals surface area contributed by atoms with Gasteiger partial charge in [-0.2, -0.15) is 0 Å². The minimum atomic E-state index is -3.31. The molecule has 1 unspecified atom stereocenters. The average molecular weight is 209 g/mol. The van der Waals surface area contributed by atoms with Crippen molar-refractivity contribution in [2.24, 2.45) is 5.41 Å². The monoisotopic (exact) mass is 209 g/mol. The van der Waals surface area contributed by atoms with E-state index in [1.54, 1.807) is 6.92 Å². The minimum absolute atomic E-state index is 0.0718. The average Bonchev–Trinajstić information content (AvgIpc) is 1.98. The first-order chi connectivity index (χ1) is 5.71. The van der Waals surface area contributed by atoms with Crippen LogP contribution in [0, 0.1) is 5.41 Å². The quantitative estimate of drug-likeness (QED) is 0.669. The summed E-state index contributed by atoms with van der Waals surface area (Å²) >= 11 is 0. The molecule has 0 bridgehead atoms. The van der Waals surface area contributed by atoms with Crippen LogP contribution < -0.4 is 4.72 Å². The standard InChI is InChI=1S/C7H15NO4S/c1-4-7(2,6(9)10)5-8-13(3,11)12/h8H,4-5H2,1-3H3,(H,9,10). The molecule has 0 aromatic carbocycles. The number of hydrogen-bond donors (Lipinski definition) is 2. The summed E-state index contributed by atoms with van der Waals surface area (Å²) in [4.78, 5) is 10.7. The predicted octanol–water partition coefficient (Wildman–Crippen LogP) is 0.0365. The molecule has 13 heavy (non-hydrogen) atoms. The number of hydrogen-bond acceptors (Lipinski definition) is 3. The number of aliphatic carboxylic acids is 1. The predicted molar refractivity (Wildman–Crippen MR) is 48.9 cm³/mol. The van der Waals surface area contributed by atoms with Crippen LogP contribution in [-0.4, -0.2) is 32.3 Å². The molecule has 5 nitrogen and oxygen atoms in total. The highest BCUT2D eigenvalue weighted by Crippen LogP contribution is 2.19. The summed E-state index contributed by atoms with van der Waals surface area (Å²) in [5, 5.41) is 8.79. The summed E-state index contributed by atoms with van der Waals surface area (Å²) in [5.41, 5.74) is -1.02. The van der Waals surface area contributed by atoms with Crippen molar-refractivity contribution in [3.8, 4) is 0 Å². The second kappa shape index (κ2) is 4.06. The van der Waals surface area contributed by atoms with Crippen molar-refractivity contribution in [1.82, 2.24) is 4.72 Å². The first-order valence-corrected chi connectivity index (χ1v) is 5.78. The normalized spacial score (nSPS) is 16.5. The van der Waals surface area contributed by atoms with Crippen LogP contribution in [0.4, 0.5) is 0 Å². The zero-order chi connectivity index (χ0) is 10.7. The van der Waals surface area contributed by atoms with E-state index in [1.165, 1.54) is 6.92 Å². The maximum Gasteiger partial charge on any atom is 0.310 e. The molecule has 0 aliphatic rings. The molecule has 0 fully saturated rings. The lowest BCUT2D eigenvalue weighted by atomic mass is 9.88. The van der Waals surface area contributed by atoms with E-state index in [2.05, 4.69) is 4.72 Å². The van der Waals surface area contributed by atoms with Gasteiger partial charge in [-0.15, -0.1) is 0 Å². The smallest absolute Gasteiger partial charge is 0.310 e. The van der Waals surface area contributed by atoms with Gasteiger partial charge in [0.15, 0.2) is 0 Å². The molecule has 0 radical (unpaired) electrons. The van der Waals surface area contributed by atoms with E-state index < -0.39 is 21.4 Å². The van der Waals surface area contributed by atoms with Gasteiger partial charge in [0.05, 0.1) is 11.7 Å². The fraction of sp³-hybridized carbons (Fsp3) is 0.857. The molecule has 0 rings (SSSR count). The fourth-order valence-corrected chi connectivity index (χ4v) is 1.22. The van der Waals surface area contributed by atoms with Crippen molar-refractivity contribution in [1.29, 1.82) is 0 Å².